The van der Waals surface area contributed by atoms with Crippen molar-refractivity contribution in [3.05, 3.63) is 0 Å². The number of rotatable bonds is 1. The van der Waals surface area contributed by atoms with Crippen LogP contribution in [0.15, 0.2) is 0 Å². The Kier molecular flexibility index (Phi) is 3.01. The van der Waals surface area contributed by atoms with E-state index in [1.165, 1.54) is 32.1 Å². The number of likely N-dealkylation sites (tertiary alicyclic amines) is 1. The lowest BCUT2D eigenvalue weighted by atomic mass is 9.85. The fraction of sp³-hybridized carbons (Fsp3) is 0.917. The Hall–Kier alpha value is -0.570. The standard InChI is InChI=1S/C12H22N2O/c1-8-7-10-5-3-4-6-11(10)14(8)12(15)9(2)13/h8-11H,3-7,13H2,1-2H3/t8?,9-,10?,11?/m0/s1. The van der Waals surface area contributed by atoms with Crippen LogP contribution in [0.3, 0.4) is 0 Å². The monoisotopic (exact) mass is 210 g/mol. The van der Waals surface area contributed by atoms with Gasteiger partial charge in [-0.05, 0) is 39.0 Å². The minimum atomic E-state index is -0.340. The van der Waals surface area contributed by atoms with Crippen LogP contribution in [0.4, 0.5) is 0 Å². The van der Waals surface area contributed by atoms with Gasteiger partial charge in [0.1, 0.15) is 0 Å². The van der Waals surface area contributed by atoms with Gasteiger partial charge in [0.2, 0.25) is 5.91 Å². The Morgan fingerprint density at radius 2 is 2.07 bits per heavy atom. The number of fused-ring (bicyclic) bond motifs is 1. The van der Waals surface area contributed by atoms with Crippen molar-refractivity contribution in [1.29, 1.82) is 0 Å². The molecule has 0 spiro atoms. The predicted molar refractivity (Wildman–Crippen MR) is 60.3 cm³/mol. The number of hydrogen-bond donors (Lipinski definition) is 1. The molecule has 3 heteroatoms. The Labute approximate surface area is 92.0 Å². The first-order valence-corrected chi connectivity index (χ1v) is 6.19. The van der Waals surface area contributed by atoms with Crippen molar-refractivity contribution in [1.82, 2.24) is 4.90 Å². The summed E-state index contributed by atoms with van der Waals surface area (Å²) in [6.45, 7) is 3.96. The Morgan fingerprint density at radius 3 is 2.73 bits per heavy atom. The van der Waals surface area contributed by atoms with Gasteiger partial charge in [0.15, 0.2) is 0 Å². The van der Waals surface area contributed by atoms with Gasteiger partial charge < -0.3 is 10.6 Å². The number of hydrogen-bond acceptors (Lipinski definition) is 2. The summed E-state index contributed by atoms with van der Waals surface area (Å²) in [7, 11) is 0. The van der Waals surface area contributed by atoms with E-state index in [-0.39, 0.29) is 11.9 Å². The van der Waals surface area contributed by atoms with Gasteiger partial charge in [0.25, 0.3) is 0 Å². The predicted octanol–water partition coefficient (Wildman–Crippen LogP) is 1.51. The van der Waals surface area contributed by atoms with Crippen LogP contribution >= 0.6 is 0 Å². The lowest BCUT2D eigenvalue weighted by molar-refractivity contribution is -0.135. The van der Waals surface area contributed by atoms with Crippen molar-refractivity contribution >= 4 is 5.91 Å². The van der Waals surface area contributed by atoms with E-state index in [1.54, 1.807) is 6.92 Å². The fourth-order valence-corrected chi connectivity index (χ4v) is 3.32. The molecule has 3 unspecified atom stereocenters. The van der Waals surface area contributed by atoms with Gasteiger partial charge in [0.05, 0.1) is 6.04 Å². The van der Waals surface area contributed by atoms with Gasteiger partial charge in [-0.1, -0.05) is 12.8 Å². The number of carbonyl (C=O) groups excluding carboxylic acids is 1. The van der Waals surface area contributed by atoms with E-state index in [1.807, 2.05) is 0 Å². The average Bonchev–Trinajstić information content (AvgIpc) is 2.52. The summed E-state index contributed by atoms with van der Waals surface area (Å²) < 4.78 is 0. The van der Waals surface area contributed by atoms with Crippen molar-refractivity contribution < 1.29 is 4.79 Å². The molecular weight excluding hydrogens is 188 g/mol. The molecule has 1 heterocycles. The summed E-state index contributed by atoms with van der Waals surface area (Å²) in [5, 5.41) is 0. The first kappa shape index (κ1) is 10.9. The van der Waals surface area contributed by atoms with Crippen LogP contribution in [0, 0.1) is 5.92 Å². The number of carbonyl (C=O) groups is 1. The summed E-state index contributed by atoms with van der Waals surface area (Å²) in [5.74, 6) is 0.897. The quantitative estimate of drug-likeness (QED) is 0.713. The number of nitrogens with zero attached hydrogens (tertiary/aromatic N) is 1. The molecular formula is C12H22N2O. The second kappa shape index (κ2) is 4.12. The molecule has 4 atom stereocenters. The van der Waals surface area contributed by atoms with E-state index in [9.17, 15) is 4.79 Å². The van der Waals surface area contributed by atoms with Crippen molar-refractivity contribution in [2.45, 2.75) is 64.1 Å². The summed E-state index contributed by atoms with van der Waals surface area (Å²) in [6.07, 6.45) is 6.29. The molecule has 1 aliphatic heterocycles. The molecule has 0 bridgehead atoms. The first-order chi connectivity index (χ1) is 7.11. The summed E-state index contributed by atoms with van der Waals surface area (Å²) in [5.41, 5.74) is 5.71. The lowest BCUT2D eigenvalue weighted by Gasteiger charge is -2.34. The van der Waals surface area contributed by atoms with Crippen LogP contribution < -0.4 is 5.73 Å². The van der Waals surface area contributed by atoms with Gasteiger partial charge in [0, 0.05) is 12.1 Å². The molecule has 0 aromatic rings. The number of nitrogens with two attached hydrogens (primary N) is 1. The summed E-state index contributed by atoms with van der Waals surface area (Å²) in [6, 6.07) is 0.553. The Balaban J connectivity index is 2.12. The highest BCUT2D eigenvalue weighted by Gasteiger charge is 2.42. The van der Waals surface area contributed by atoms with Gasteiger partial charge in [-0.3, -0.25) is 4.79 Å². The third kappa shape index (κ3) is 1.89. The molecule has 2 N–H and O–H groups in total. The van der Waals surface area contributed by atoms with Gasteiger partial charge in [-0.15, -0.1) is 0 Å². The van der Waals surface area contributed by atoms with E-state index < -0.39 is 0 Å². The molecule has 3 nitrogen and oxygen atoms in total. The fourth-order valence-electron chi connectivity index (χ4n) is 3.32. The van der Waals surface area contributed by atoms with Crippen LogP contribution in [0.1, 0.15) is 46.0 Å². The van der Waals surface area contributed by atoms with E-state index in [4.69, 9.17) is 5.73 Å². The van der Waals surface area contributed by atoms with Crippen molar-refractivity contribution in [3.8, 4) is 0 Å². The topological polar surface area (TPSA) is 46.3 Å². The lowest BCUT2D eigenvalue weighted by Crippen LogP contribution is -2.48. The molecule has 2 aliphatic rings. The molecule has 2 fully saturated rings. The molecule has 1 amide bonds. The van der Waals surface area contributed by atoms with E-state index in [0.29, 0.717) is 12.1 Å². The second-order valence-corrected chi connectivity index (χ2v) is 5.23. The molecule has 0 radical (unpaired) electrons. The van der Waals surface area contributed by atoms with Crippen LogP contribution in [0.2, 0.25) is 0 Å². The zero-order valence-corrected chi connectivity index (χ0v) is 9.78. The van der Waals surface area contributed by atoms with Crippen molar-refractivity contribution in [3.63, 3.8) is 0 Å². The zero-order chi connectivity index (χ0) is 11.0. The Bertz CT molecular complexity index is 252. The van der Waals surface area contributed by atoms with E-state index in [0.717, 1.165) is 5.92 Å². The first-order valence-electron chi connectivity index (χ1n) is 6.19. The largest absolute Gasteiger partial charge is 0.335 e. The maximum Gasteiger partial charge on any atom is 0.239 e. The van der Waals surface area contributed by atoms with E-state index >= 15 is 0 Å². The third-order valence-corrected chi connectivity index (χ3v) is 3.99. The van der Waals surface area contributed by atoms with Gasteiger partial charge >= 0.3 is 0 Å². The Morgan fingerprint density at radius 1 is 1.40 bits per heavy atom. The number of amides is 1. The smallest absolute Gasteiger partial charge is 0.239 e. The van der Waals surface area contributed by atoms with Crippen molar-refractivity contribution in [2.75, 3.05) is 0 Å². The second-order valence-electron chi connectivity index (χ2n) is 5.23. The van der Waals surface area contributed by atoms with Crippen LogP contribution in [0.5, 0.6) is 0 Å². The highest BCUT2D eigenvalue weighted by molar-refractivity contribution is 5.82. The summed E-state index contributed by atoms with van der Waals surface area (Å²) in [4.78, 5) is 14.1. The molecule has 1 saturated carbocycles. The summed E-state index contributed by atoms with van der Waals surface area (Å²) >= 11 is 0. The zero-order valence-electron chi connectivity index (χ0n) is 9.78. The highest BCUT2D eigenvalue weighted by atomic mass is 16.2. The minimum Gasteiger partial charge on any atom is -0.335 e. The maximum atomic E-state index is 12.0. The normalized spacial score (nSPS) is 37.5. The van der Waals surface area contributed by atoms with Crippen LogP contribution in [0.25, 0.3) is 0 Å². The molecule has 2 rings (SSSR count). The average molecular weight is 210 g/mol. The molecule has 15 heavy (non-hydrogen) atoms. The van der Waals surface area contributed by atoms with E-state index in [2.05, 4.69) is 11.8 Å². The highest BCUT2D eigenvalue weighted by Crippen LogP contribution is 2.39. The minimum absolute atomic E-state index is 0.150. The molecule has 0 aromatic heterocycles. The molecule has 0 aromatic carbocycles. The third-order valence-electron chi connectivity index (χ3n) is 3.99. The van der Waals surface area contributed by atoms with Gasteiger partial charge in [-0.2, -0.15) is 0 Å². The SMILES string of the molecule is CC1CC2CCCCC2N1C(=O)[C@H](C)N. The van der Waals surface area contributed by atoms with Crippen molar-refractivity contribution in [2.24, 2.45) is 11.7 Å². The molecule has 1 aliphatic carbocycles. The molecule has 1 saturated heterocycles. The molecule has 86 valence electrons. The van der Waals surface area contributed by atoms with Crippen LogP contribution in [-0.2, 0) is 4.79 Å². The maximum absolute atomic E-state index is 12.0. The van der Waals surface area contributed by atoms with Crippen LogP contribution in [-0.4, -0.2) is 28.9 Å². The van der Waals surface area contributed by atoms with Gasteiger partial charge in [-0.25, -0.2) is 0 Å².